The number of esters is 1. The third-order valence-corrected chi connectivity index (χ3v) is 3.32. The van der Waals surface area contributed by atoms with Crippen LogP contribution in [0.1, 0.15) is 25.8 Å². The molecule has 1 fully saturated rings. The average Bonchev–Trinajstić information content (AvgIpc) is 3.16. The van der Waals surface area contributed by atoms with Gasteiger partial charge < -0.3 is 10.1 Å². The molecule has 4 heteroatoms. The summed E-state index contributed by atoms with van der Waals surface area (Å²) in [6.45, 7) is 4.21. The van der Waals surface area contributed by atoms with Gasteiger partial charge in [0.15, 0.2) is 0 Å². The molecule has 1 amide bonds. The number of carbonyl (C=O) groups excluding carboxylic acids is 2. The second kappa shape index (κ2) is 6.37. The molecule has 1 saturated carbocycles. The van der Waals surface area contributed by atoms with Crippen LogP contribution in [-0.4, -0.2) is 18.5 Å². The van der Waals surface area contributed by atoms with Gasteiger partial charge in [-0.25, -0.2) is 4.79 Å². The summed E-state index contributed by atoms with van der Waals surface area (Å²) in [7, 11) is 0. The molecule has 1 aliphatic carbocycles. The third-order valence-electron chi connectivity index (χ3n) is 3.32. The lowest BCUT2D eigenvalue weighted by atomic mass is 10.2. The van der Waals surface area contributed by atoms with Crippen molar-refractivity contribution in [2.24, 2.45) is 11.8 Å². The fourth-order valence-electron chi connectivity index (χ4n) is 1.95. The lowest BCUT2D eigenvalue weighted by molar-refractivity contribution is -0.137. The van der Waals surface area contributed by atoms with Gasteiger partial charge in [0.1, 0.15) is 0 Å². The zero-order chi connectivity index (χ0) is 14.5. The molecular weight excluding hydrogens is 254 g/mol. The zero-order valence-electron chi connectivity index (χ0n) is 11.8. The highest BCUT2D eigenvalue weighted by Gasteiger charge is 2.38. The van der Waals surface area contributed by atoms with E-state index in [2.05, 4.69) is 12.2 Å². The first-order valence-electron chi connectivity index (χ1n) is 6.86. The molecule has 0 spiro atoms. The zero-order valence-corrected chi connectivity index (χ0v) is 11.8. The molecule has 0 aromatic heterocycles. The predicted octanol–water partition coefficient (Wildman–Crippen LogP) is 2.86. The Morgan fingerprint density at radius 3 is 2.55 bits per heavy atom. The van der Waals surface area contributed by atoms with E-state index in [4.69, 9.17) is 4.74 Å². The van der Waals surface area contributed by atoms with E-state index in [0.717, 1.165) is 17.7 Å². The van der Waals surface area contributed by atoms with Crippen LogP contribution in [0.2, 0.25) is 0 Å². The Kier molecular flexibility index (Phi) is 4.56. The number of hydrogen-bond donors (Lipinski definition) is 1. The Balaban J connectivity index is 1.89. The summed E-state index contributed by atoms with van der Waals surface area (Å²) in [5.41, 5.74) is 1.67. The van der Waals surface area contributed by atoms with Gasteiger partial charge in [-0.3, -0.25) is 4.79 Å². The maximum absolute atomic E-state index is 11.8. The minimum absolute atomic E-state index is 0.0901. The SMILES string of the molecule is CCOC(=O)C=Cc1ccc(NC(=O)C2CC2C)cc1. The highest BCUT2D eigenvalue weighted by atomic mass is 16.5. The lowest BCUT2D eigenvalue weighted by Gasteiger charge is -2.04. The Labute approximate surface area is 118 Å². The molecule has 20 heavy (non-hydrogen) atoms. The molecule has 2 rings (SSSR count). The number of anilines is 1. The highest BCUT2D eigenvalue weighted by molar-refractivity contribution is 5.94. The van der Waals surface area contributed by atoms with E-state index in [1.54, 1.807) is 13.0 Å². The molecular formula is C16H19NO3. The molecule has 1 N–H and O–H groups in total. The van der Waals surface area contributed by atoms with Crippen molar-refractivity contribution in [3.63, 3.8) is 0 Å². The van der Waals surface area contributed by atoms with Crippen molar-refractivity contribution in [3.8, 4) is 0 Å². The maximum Gasteiger partial charge on any atom is 0.330 e. The van der Waals surface area contributed by atoms with Crippen LogP contribution in [0.15, 0.2) is 30.3 Å². The van der Waals surface area contributed by atoms with Crippen molar-refractivity contribution in [3.05, 3.63) is 35.9 Å². The summed E-state index contributed by atoms with van der Waals surface area (Å²) in [5, 5.41) is 2.89. The normalized spacial score (nSPS) is 20.7. The number of ether oxygens (including phenoxy) is 1. The van der Waals surface area contributed by atoms with Crippen LogP contribution in [-0.2, 0) is 14.3 Å². The fraction of sp³-hybridized carbons (Fsp3) is 0.375. The monoisotopic (exact) mass is 273 g/mol. The van der Waals surface area contributed by atoms with Crippen molar-refractivity contribution in [2.45, 2.75) is 20.3 Å². The van der Waals surface area contributed by atoms with E-state index < -0.39 is 0 Å². The van der Waals surface area contributed by atoms with Gasteiger partial charge in [-0.15, -0.1) is 0 Å². The topological polar surface area (TPSA) is 55.4 Å². The number of carbonyl (C=O) groups is 2. The van der Waals surface area contributed by atoms with Crippen LogP contribution < -0.4 is 5.32 Å². The van der Waals surface area contributed by atoms with Gasteiger partial charge in [-0.1, -0.05) is 19.1 Å². The van der Waals surface area contributed by atoms with Crippen molar-refractivity contribution in [1.29, 1.82) is 0 Å². The highest BCUT2D eigenvalue weighted by Crippen LogP contribution is 2.38. The van der Waals surface area contributed by atoms with Gasteiger partial charge in [0.25, 0.3) is 0 Å². The van der Waals surface area contributed by atoms with E-state index in [-0.39, 0.29) is 17.8 Å². The first-order valence-corrected chi connectivity index (χ1v) is 6.86. The Morgan fingerprint density at radius 2 is 2.00 bits per heavy atom. The van der Waals surface area contributed by atoms with E-state index >= 15 is 0 Å². The van der Waals surface area contributed by atoms with Crippen LogP contribution in [0.4, 0.5) is 5.69 Å². The Morgan fingerprint density at radius 1 is 1.35 bits per heavy atom. The summed E-state index contributed by atoms with van der Waals surface area (Å²) in [4.78, 5) is 22.9. The Bertz CT molecular complexity index is 519. The van der Waals surface area contributed by atoms with Gasteiger partial charge in [0, 0.05) is 17.7 Å². The van der Waals surface area contributed by atoms with Gasteiger partial charge in [-0.05, 0) is 43.0 Å². The first-order chi connectivity index (χ1) is 9.60. The number of amides is 1. The molecule has 1 aromatic rings. The fourth-order valence-corrected chi connectivity index (χ4v) is 1.95. The number of rotatable bonds is 5. The molecule has 4 nitrogen and oxygen atoms in total. The summed E-state index contributed by atoms with van der Waals surface area (Å²) < 4.78 is 4.80. The van der Waals surface area contributed by atoms with Gasteiger partial charge in [0.2, 0.25) is 5.91 Å². The molecule has 1 aromatic carbocycles. The lowest BCUT2D eigenvalue weighted by Crippen LogP contribution is -2.14. The minimum Gasteiger partial charge on any atom is -0.463 e. The van der Waals surface area contributed by atoms with E-state index in [9.17, 15) is 9.59 Å². The summed E-state index contributed by atoms with van der Waals surface area (Å²) in [5.74, 6) is 0.403. The molecule has 0 bridgehead atoms. The van der Waals surface area contributed by atoms with Crippen LogP contribution in [0.25, 0.3) is 6.08 Å². The van der Waals surface area contributed by atoms with Gasteiger partial charge in [0.05, 0.1) is 6.61 Å². The second-order valence-corrected chi connectivity index (χ2v) is 5.02. The Hall–Kier alpha value is -2.10. The molecule has 0 heterocycles. The smallest absolute Gasteiger partial charge is 0.330 e. The van der Waals surface area contributed by atoms with Crippen LogP contribution in [0.5, 0.6) is 0 Å². The van der Waals surface area contributed by atoms with Crippen molar-refractivity contribution >= 4 is 23.6 Å². The average molecular weight is 273 g/mol. The van der Waals surface area contributed by atoms with Crippen LogP contribution in [0.3, 0.4) is 0 Å². The van der Waals surface area contributed by atoms with E-state index in [0.29, 0.717) is 12.5 Å². The molecule has 0 aliphatic heterocycles. The van der Waals surface area contributed by atoms with Crippen molar-refractivity contribution in [2.75, 3.05) is 11.9 Å². The van der Waals surface area contributed by atoms with Crippen molar-refractivity contribution in [1.82, 2.24) is 0 Å². The molecule has 0 saturated heterocycles. The molecule has 106 valence electrons. The van der Waals surface area contributed by atoms with Crippen molar-refractivity contribution < 1.29 is 14.3 Å². The van der Waals surface area contributed by atoms with Gasteiger partial charge in [-0.2, -0.15) is 0 Å². The maximum atomic E-state index is 11.8. The second-order valence-electron chi connectivity index (χ2n) is 5.02. The van der Waals surface area contributed by atoms with Crippen LogP contribution in [0, 0.1) is 11.8 Å². The van der Waals surface area contributed by atoms with E-state index in [1.807, 2.05) is 24.3 Å². The van der Waals surface area contributed by atoms with Gasteiger partial charge >= 0.3 is 5.97 Å². The number of nitrogens with one attached hydrogen (secondary N) is 1. The van der Waals surface area contributed by atoms with Crippen LogP contribution >= 0.6 is 0 Å². The summed E-state index contributed by atoms with van der Waals surface area (Å²) in [6, 6.07) is 7.36. The quantitative estimate of drug-likeness (QED) is 0.663. The summed E-state index contributed by atoms with van der Waals surface area (Å²) >= 11 is 0. The molecule has 2 unspecified atom stereocenters. The molecule has 0 radical (unpaired) electrons. The van der Waals surface area contributed by atoms with E-state index in [1.165, 1.54) is 6.08 Å². The number of hydrogen-bond acceptors (Lipinski definition) is 3. The third kappa shape index (κ3) is 3.95. The standard InChI is InChI=1S/C16H19NO3/c1-3-20-15(18)9-6-12-4-7-13(8-5-12)17-16(19)14-10-11(14)2/h4-9,11,14H,3,10H2,1-2H3,(H,17,19). The molecule has 2 atom stereocenters. The predicted molar refractivity (Wildman–Crippen MR) is 78.0 cm³/mol. The first kappa shape index (κ1) is 14.3. The summed E-state index contributed by atoms with van der Waals surface area (Å²) in [6.07, 6.45) is 4.06. The number of benzene rings is 1. The molecule has 1 aliphatic rings. The minimum atomic E-state index is -0.354. The largest absolute Gasteiger partial charge is 0.463 e.